The summed E-state index contributed by atoms with van der Waals surface area (Å²) in [5.74, 6) is 0.440. The molecule has 1 aromatic carbocycles. The summed E-state index contributed by atoms with van der Waals surface area (Å²) in [6.45, 7) is 3.36. The summed E-state index contributed by atoms with van der Waals surface area (Å²) in [5.41, 5.74) is 0.829. The summed E-state index contributed by atoms with van der Waals surface area (Å²) < 4.78 is 12.2. The molecule has 0 saturated carbocycles. The Morgan fingerprint density at radius 2 is 2.32 bits per heavy atom. The number of methoxy groups -OCH3 is 1. The van der Waals surface area contributed by atoms with Crippen LogP contribution in [0.2, 0.25) is 0 Å². The van der Waals surface area contributed by atoms with Gasteiger partial charge in [0.1, 0.15) is 0 Å². The van der Waals surface area contributed by atoms with Crippen LogP contribution in [-0.2, 0) is 16.0 Å². The molecule has 0 unspecified atom stereocenters. The Morgan fingerprint density at radius 3 is 3.00 bits per heavy atom. The molecule has 1 fully saturated rings. The van der Waals surface area contributed by atoms with Crippen LogP contribution in [0.5, 0.6) is 0 Å². The first-order chi connectivity index (χ1) is 12.1. The van der Waals surface area contributed by atoms with Gasteiger partial charge in [-0.3, -0.25) is 9.36 Å². The minimum atomic E-state index is -0.435. The van der Waals surface area contributed by atoms with Crippen molar-refractivity contribution in [3.8, 4) is 0 Å². The van der Waals surface area contributed by atoms with Gasteiger partial charge in [0.15, 0.2) is 5.16 Å². The number of ether oxygens (including phenoxy) is 2. The van der Waals surface area contributed by atoms with Crippen molar-refractivity contribution < 1.29 is 14.3 Å². The summed E-state index contributed by atoms with van der Waals surface area (Å²) in [6.07, 6.45) is 3.04. The molecule has 1 aromatic heterocycles. The Morgan fingerprint density at radius 1 is 1.48 bits per heavy atom. The summed E-state index contributed by atoms with van der Waals surface area (Å²) in [7, 11) is 1.34. The molecule has 0 N–H and O–H groups in total. The molecule has 0 spiro atoms. The van der Waals surface area contributed by atoms with Gasteiger partial charge in [-0.15, -0.1) is 0 Å². The number of thioether (sulfide) groups is 1. The Balaban J connectivity index is 2.07. The number of carbonyl (C=O) groups is 1. The number of fused-ring (bicyclic) bond motifs is 1. The minimum Gasteiger partial charge on any atom is -0.465 e. The normalized spacial score (nSPS) is 17.1. The van der Waals surface area contributed by atoms with E-state index >= 15 is 0 Å². The predicted molar refractivity (Wildman–Crippen MR) is 97.3 cm³/mol. The molecule has 2 heterocycles. The molecule has 1 atom stereocenters. The largest absolute Gasteiger partial charge is 0.465 e. The van der Waals surface area contributed by atoms with Crippen molar-refractivity contribution in [3.05, 3.63) is 34.1 Å². The molecule has 0 radical (unpaired) electrons. The Hall–Kier alpha value is -1.86. The zero-order chi connectivity index (χ0) is 17.8. The topological polar surface area (TPSA) is 70.4 Å². The number of hydrogen-bond donors (Lipinski definition) is 0. The monoisotopic (exact) mass is 362 g/mol. The molecule has 1 saturated heterocycles. The van der Waals surface area contributed by atoms with Crippen molar-refractivity contribution >= 4 is 28.6 Å². The van der Waals surface area contributed by atoms with Crippen molar-refractivity contribution in [2.45, 2.75) is 44.0 Å². The number of aromatic nitrogens is 2. The second kappa shape index (κ2) is 8.01. The van der Waals surface area contributed by atoms with Crippen molar-refractivity contribution in [2.75, 3.05) is 19.5 Å². The highest BCUT2D eigenvalue weighted by Crippen LogP contribution is 2.22. The van der Waals surface area contributed by atoms with Crippen molar-refractivity contribution in [1.82, 2.24) is 9.55 Å². The standard InChI is InChI=1S/C18H22N2O4S/c1-3-9-25-18-19-15-10-12(17(22)23-2)6-7-14(15)16(21)20(18)11-13-5-4-8-24-13/h6-7,10,13H,3-5,8-9,11H2,1-2H3/t13-/m0/s1. The predicted octanol–water partition coefficient (Wildman–Crippen LogP) is 2.86. The average Bonchev–Trinajstić information content (AvgIpc) is 3.14. The van der Waals surface area contributed by atoms with Crippen LogP contribution in [0.15, 0.2) is 28.2 Å². The third-order valence-electron chi connectivity index (χ3n) is 4.19. The van der Waals surface area contributed by atoms with Crippen molar-refractivity contribution in [2.24, 2.45) is 0 Å². The lowest BCUT2D eigenvalue weighted by Gasteiger charge is -2.16. The Bertz CT molecular complexity index is 828. The summed E-state index contributed by atoms with van der Waals surface area (Å²) in [5, 5.41) is 1.18. The fourth-order valence-electron chi connectivity index (χ4n) is 2.90. The van der Waals surface area contributed by atoms with Crippen LogP contribution in [0.25, 0.3) is 10.9 Å². The molecule has 0 bridgehead atoms. The van der Waals surface area contributed by atoms with E-state index in [0.717, 1.165) is 31.6 Å². The molecule has 0 amide bonds. The quantitative estimate of drug-likeness (QED) is 0.447. The van der Waals surface area contributed by atoms with Gasteiger partial charge in [-0.2, -0.15) is 0 Å². The molecule has 3 rings (SSSR count). The molecule has 6 nitrogen and oxygen atoms in total. The second-order valence-corrected chi connectivity index (χ2v) is 7.08. The molecule has 25 heavy (non-hydrogen) atoms. The zero-order valence-corrected chi connectivity index (χ0v) is 15.3. The lowest BCUT2D eigenvalue weighted by Crippen LogP contribution is -2.29. The van der Waals surface area contributed by atoms with Gasteiger partial charge in [-0.25, -0.2) is 9.78 Å². The number of rotatable bonds is 6. The van der Waals surface area contributed by atoms with Crippen LogP contribution in [0.3, 0.4) is 0 Å². The molecule has 7 heteroatoms. The number of nitrogens with zero attached hydrogens (tertiary/aromatic N) is 2. The third-order valence-corrected chi connectivity index (χ3v) is 5.37. The van der Waals surface area contributed by atoms with Gasteiger partial charge >= 0.3 is 5.97 Å². The average molecular weight is 362 g/mol. The smallest absolute Gasteiger partial charge is 0.337 e. The van der Waals surface area contributed by atoms with Crippen LogP contribution >= 0.6 is 11.8 Å². The molecular formula is C18H22N2O4S. The van der Waals surface area contributed by atoms with E-state index in [4.69, 9.17) is 9.47 Å². The van der Waals surface area contributed by atoms with Gasteiger partial charge in [-0.05, 0) is 37.5 Å². The number of hydrogen-bond acceptors (Lipinski definition) is 6. The summed E-state index contributed by atoms with van der Waals surface area (Å²) in [4.78, 5) is 29.4. The lowest BCUT2D eigenvalue weighted by molar-refractivity contribution is 0.0601. The summed E-state index contributed by atoms with van der Waals surface area (Å²) in [6, 6.07) is 4.87. The van der Waals surface area contributed by atoms with Gasteiger partial charge in [-0.1, -0.05) is 18.7 Å². The zero-order valence-electron chi connectivity index (χ0n) is 14.5. The third kappa shape index (κ3) is 3.88. The highest BCUT2D eigenvalue weighted by molar-refractivity contribution is 7.99. The maximum absolute atomic E-state index is 13.0. The fraction of sp³-hybridized carbons (Fsp3) is 0.500. The van der Waals surface area contributed by atoms with Gasteiger partial charge in [0, 0.05) is 12.4 Å². The molecule has 1 aliphatic rings. The van der Waals surface area contributed by atoms with E-state index in [2.05, 4.69) is 11.9 Å². The first kappa shape index (κ1) is 17.9. The number of esters is 1. The lowest BCUT2D eigenvalue weighted by atomic mass is 10.1. The molecule has 0 aliphatic carbocycles. The number of carbonyl (C=O) groups excluding carboxylic acids is 1. The number of benzene rings is 1. The minimum absolute atomic E-state index is 0.0623. The van der Waals surface area contributed by atoms with Gasteiger partial charge in [0.25, 0.3) is 5.56 Å². The SMILES string of the molecule is CCCSc1nc2cc(C(=O)OC)ccc2c(=O)n1C[C@@H]1CCCO1. The molecule has 134 valence electrons. The van der Waals surface area contributed by atoms with Crippen LogP contribution in [0.1, 0.15) is 36.5 Å². The van der Waals surface area contributed by atoms with Crippen molar-refractivity contribution in [1.29, 1.82) is 0 Å². The van der Waals surface area contributed by atoms with E-state index in [0.29, 0.717) is 28.2 Å². The maximum atomic E-state index is 13.0. The van der Waals surface area contributed by atoms with Gasteiger partial charge in [0.05, 0.1) is 36.2 Å². The van der Waals surface area contributed by atoms with Crippen LogP contribution in [0, 0.1) is 0 Å². The summed E-state index contributed by atoms with van der Waals surface area (Å²) >= 11 is 1.56. The van der Waals surface area contributed by atoms with E-state index < -0.39 is 5.97 Å². The highest BCUT2D eigenvalue weighted by atomic mass is 32.2. The van der Waals surface area contributed by atoms with Crippen LogP contribution in [0.4, 0.5) is 0 Å². The Kier molecular flexibility index (Phi) is 5.75. The van der Waals surface area contributed by atoms with E-state index in [1.54, 1.807) is 34.5 Å². The van der Waals surface area contributed by atoms with Crippen molar-refractivity contribution in [3.63, 3.8) is 0 Å². The highest BCUT2D eigenvalue weighted by Gasteiger charge is 2.20. The molecule has 2 aromatic rings. The van der Waals surface area contributed by atoms with Gasteiger partial charge in [0.2, 0.25) is 0 Å². The Labute approximate surface area is 150 Å². The van der Waals surface area contributed by atoms with E-state index in [-0.39, 0.29) is 11.7 Å². The van der Waals surface area contributed by atoms with Crippen LogP contribution in [-0.4, -0.2) is 41.1 Å². The van der Waals surface area contributed by atoms with Crippen LogP contribution < -0.4 is 5.56 Å². The van der Waals surface area contributed by atoms with E-state index in [9.17, 15) is 9.59 Å². The van der Waals surface area contributed by atoms with E-state index in [1.165, 1.54) is 7.11 Å². The first-order valence-corrected chi connectivity index (χ1v) is 9.50. The molecular weight excluding hydrogens is 340 g/mol. The molecule has 1 aliphatic heterocycles. The maximum Gasteiger partial charge on any atom is 0.337 e. The second-order valence-electron chi connectivity index (χ2n) is 6.02. The van der Waals surface area contributed by atoms with Gasteiger partial charge < -0.3 is 9.47 Å². The van der Waals surface area contributed by atoms with E-state index in [1.807, 2.05) is 0 Å². The first-order valence-electron chi connectivity index (χ1n) is 8.51. The fourth-order valence-corrected chi connectivity index (χ4v) is 3.76.